The largest absolute Gasteiger partial charge is 0.521 e. The third kappa shape index (κ3) is 5.56. The molecular formula is C7H14O2Si. The molecule has 0 aromatic carbocycles. The van der Waals surface area contributed by atoms with Crippen molar-refractivity contribution in [1.82, 2.24) is 0 Å². The summed E-state index contributed by atoms with van der Waals surface area (Å²) in [5.74, 6) is -0.290. The van der Waals surface area contributed by atoms with E-state index in [9.17, 15) is 4.79 Å². The van der Waals surface area contributed by atoms with Gasteiger partial charge in [-0.05, 0) is 5.04 Å². The second-order valence-electron chi connectivity index (χ2n) is 3.37. The van der Waals surface area contributed by atoms with Crippen molar-refractivity contribution in [2.24, 2.45) is 0 Å². The zero-order valence-electron chi connectivity index (χ0n) is 6.81. The molecule has 0 aromatic rings. The summed E-state index contributed by atoms with van der Waals surface area (Å²) in [4.78, 5) is 10.6. The van der Waals surface area contributed by atoms with Gasteiger partial charge in [-0.1, -0.05) is 27.4 Å². The molecule has 0 aliphatic rings. The van der Waals surface area contributed by atoms with Crippen LogP contribution in [0.15, 0.2) is 12.7 Å². The topological polar surface area (TPSA) is 26.3 Å². The molecular weight excluding hydrogens is 144 g/mol. The van der Waals surface area contributed by atoms with Gasteiger partial charge in [0.1, 0.15) is 0 Å². The summed E-state index contributed by atoms with van der Waals surface area (Å²) < 4.78 is 4.94. The van der Waals surface area contributed by atoms with Crippen LogP contribution in [0.1, 0.15) is 20.8 Å². The van der Waals surface area contributed by atoms with Gasteiger partial charge in [0.2, 0.25) is 9.76 Å². The minimum absolute atomic E-state index is 0.179. The van der Waals surface area contributed by atoms with Crippen molar-refractivity contribution in [3.63, 3.8) is 0 Å². The second-order valence-corrected chi connectivity index (χ2v) is 6.07. The van der Waals surface area contributed by atoms with Crippen molar-refractivity contribution < 1.29 is 9.22 Å². The lowest BCUT2D eigenvalue weighted by molar-refractivity contribution is -0.129. The van der Waals surface area contributed by atoms with E-state index < -0.39 is 9.76 Å². The normalized spacial score (nSPS) is 11.9. The van der Waals surface area contributed by atoms with Crippen LogP contribution >= 0.6 is 0 Å². The maximum atomic E-state index is 10.6. The van der Waals surface area contributed by atoms with E-state index in [-0.39, 0.29) is 11.0 Å². The van der Waals surface area contributed by atoms with Crippen LogP contribution in [0, 0.1) is 0 Å². The average Bonchev–Trinajstić information content (AvgIpc) is 1.81. The van der Waals surface area contributed by atoms with E-state index in [4.69, 9.17) is 4.43 Å². The van der Waals surface area contributed by atoms with Crippen LogP contribution in [0.4, 0.5) is 0 Å². The molecule has 0 aliphatic heterocycles. The van der Waals surface area contributed by atoms with Crippen LogP contribution in [0.3, 0.4) is 0 Å². The van der Waals surface area contributed by atoms with E-state index in [1.165, 1.54) is 6.08 Å². The first-order valence-electron chi connectivity index (χ1n) is 3.25. The first-order valence-corrected chi connectivity index (χ1v) is 4.53. The van der Waals surface area contributed by atoms with E-state index in [0.29, 0.717) is 0 Å². The molecule has 0 N–H and O–H groups in total. The summed E-state index contributed by atoms with van der Waals surface area (Å²) in [7, 11) is -0.730. The average molecular weight is 158 g/mol. The van der Waals surface area contributed by atoms with Crippen molar-refractivity contribution in [1.29, 1.82) is 0 Å². The fourth-order valence-corrected chi connectivity index (χ4v) is 1.04. The standard InChI is InChI=1S/C7H14O2Si/c1-5-6(8)9-10-7(2,3)4/h5H,1,10H2,2-4H3. The highest BCUT2D eigenvalue weighted by atomic mass is 28.2. The van der Waals surface area contributed by atoms with Crippen molar-refractivity contribution in [2.75, 3.05) is 0 Å². The molecule has 10 heavy (non-hydrogen) atoms. The highest BCUT2D eigenvalue weighted by Crippen LogP contribution is 2.19. The van der Waals surface area contributed by atoms with Crippen LogP contribution in [0.5, 0.6) is 0 Å². The lowest BCUT2D eigenvalue weighted by Crippen LogP contribution is -2.15. The predicted molar refractivity (Wildman–Crippen MR) is 44.5 cm³/mol. The fraction of sp³-hybridized carbons (Fsp3) is 0.571. The van der Waals surface area contributed by atoms with Gasteiger partial charge < -0.3 is 4.43 Å². The monoisotopic (exact) mass is 158 g/mol. The molecule has 0 rings (SSSR count). The van der Waals surface area contributed by atoms with E-state index in [1.807, 2.05) is 0 Å². The van der Waals surface area contributed by atoms with Crippen LogP contribution in [-0.4, -0.2) is 15.7 Å². The van der Waals surface area contributed by atoms with Crippen molar-refractivity contribution in [3.8, 4) is 0 Å². The maximum absolute atomic E-state index is 10.6. The van der Waals surface area contributed by atoms with Gasteiger partial charge in [0.25, 0.3) is 0 Å². The molecule has 0 bridgehead atoms. The maximum Gasteiger partial charge on any atom is 0.316 e. The Morgan fingerprint density at radius 2 is 2.10 bits per heavy atom. The molecule has 58 valence electrons. The second kappa shape index (κ2) is 3.56. The molecule has 0 aromatic heterocycles. The molecule has 0 saturated carbocycles. The quantitative estimate of drug-likeness (QED) is 0.443. The fourth-order valence-electron chi connectivity index (χ4n) is 0.347. The third-order valence-corrected chi connectivity index (χ3v) is 2.11. The Morgan fingerprint density at radius 3 is 2.40 bits per heavy atom. The molecule has 0 saturated heterocycles. The Labute approximate surface area is 64.2 Å². The molecule has 0 unspecified atom stereocenters. The summed E-state index contributed by atoms with van der Waals surface area (Å²) >= 11 is 0. The van der Waals surface area contributed by atoms with Crippen molar-refractivity contribution in [2.45, 2.75) is 25.8 Å². The summed E-state index contributed by atoms with van der Waals surface area (Å²) in [5, 5.41) is 0.179. The zero-order chi connectivity index (χ0) is 8.20. The van der Waals surface area contributed by atoms with Gasteiger partial charge in [-0.2, -0.15) is 0 Å². The first-order chi connectivity index (χ1) is 4.45. The van der Waals surface area contributed by atoms with E-state index in [2.05, 4.69) is 27.4 Å². The number of rotatable bonds is 2. The summed E-state index contributed by atoms with van der Waals surface area (Å²) in [6.07, 6.45) is 1.21. The molecule has 2 nitrogen and oxygen atoms in total. The minimum atomic E-state index is -0.730. The van der Waals surface area contributed by atoms with Gasteiger partial charge in [-0.3, -0.25) is 0 Å². The lowest BCUT2D eigenvalue weighted by atomic mass is 10.3. The van der Waals surface area contributed by atoms with E-state index >= 15 is 0 Å². The number of carbonyl (C=O) groups is 1. The highest BCUT2D eigenvalue weighted by molar-refractivity contribution is 6.35. The Kier molecular flexibility index (Phi) is 3.36. The number of carbonyl (C=O) groups excluding carboxylic acids is 1. The third-order valence-electron chi connectivity index (χ3n) is 0.814. The SMILES string of the molecule is C=CC(=O)O[SiH2]C(C)(C)C. The smallest absolute Gasteiger partial charge is 0.316 e. The van der Waals surface area contributed by atoms with Crippen LogP contribution < -0.4 is 0 Å². The van der Waals surface area contributed by atoms with Crippen LogP contribution in [-0.2, 0) is 9.22 Å². The van der Waals surface area contributed by atoms with Gasteiger partial charge in [0.15, 0.2) is 0 Å². The Bertz CT molecular complexity index is 135. The molecule has 0 spiro atoms. The summed E-state index contributed by atoms with van der Waals surface area (Å²) in [6, 6.07) is 0. The molecule has 0 radical (unpaired) electrons. The highest BCUT2D eigenvalue weighted by Gasteiger charge is 2.13. The van der Waals surface area contributed by atoms with Crippen LogP contribution in [0.2, 0.25) is 5.04 Å². The molecule has 0 aliphatic carbocycles. The molecule has 0 amide bonds. The molecule has 3 heteroatoms. The molecule has 0 fully saturated rings. The van der Waals surface area contributed by atoms with E-state index in [0.717, 1.165) is 0 Å². The predicted octanol–water partition coefficient (Wildman–Crippen LogP) is 1.02. The molecule has 0 heterocycles. The van der Waals surface area contributed by atoms with E-state index in [1.54, 1.807) is 0 Å². The Morgan fingerprint density at radius 1 is 1.60 bits per heavy atom. The number of hydrogen-bond acceptors (Lipinski definition) is 2. The minimum Gasteiger partial charge on any atom is -0.521 e. The first kappa shape index (κ1) is 9.43. The zero-order valence-corrected chi connectivity index (χ0v) is 8.22. The Hall–Kier alpha value is -0.573. The number of hydrogen-bond donors (Lipinski definition) is 0. The van der Waals surface area contributed by atoms with Gasteiger partial charge in [-0.25, -0.2) is 4.79 Å². The summed E-state index contributed by atoms with van der Waals surface area (Å²) in [6.45, 7) is 9.50. The van der Waals surface area contributed by atoms with Gasteiger partial charge >= 0.3 is 5.97 Å². The molecule has 0 atom stereocenters. The van der Waals surface area contributed by atoms with Gasteiger partial charge in [0.05, 0.1) is 0 Å². The van der Waals surface area contributed by atoms with Gasteiger partial charge in [0, 0.05) is 6.08 Å². The summed E-state index contributed by atoms with van der Waals surface area (Å²) in [5.41, 5.74) is 0. The van der Waals surface area contributed by atoms with Crippen molar-refractivity contribution >= 4 is 15.7 Å². The Balaban J connectivity index is 3.55. The van der Waals surface area contributed by atoms with Crippen LogP contribution in [0.25, 0.3) is 0 Å². The van der Waals surface area contributed by atoms with Gasteiger partial charge in [-0.15, -0.1) is 0 Å². The van der Waals surface area contributed by atoms with Crippen molar-refractivity contribution in [3.05, 3.63) is 12.7 Å². The lowest BCUT2D eigenvalue weighted by Gasteiger charge is -2.15.